The van der Waals surface area contributed by atoms with Crippen LogP contribution in [0.15, 0.2) is 0 Å². The SMILES string of the molecule is COCC(C)(C)NC1CC(OC(C)(C)C)C1. The van der Waals surface area contributed by atoms with Crippen LogP contribution in [-0.4, -0.2) is 37.0 Å². The quantitative estimate of drug-likeness (QED) is 0.785. The second-order valence-corrected chi connectivity index (χ2v) is 6.48. The molecule has 16 heavy (non-hydrogen) atoms. The van der Waals surface area contributed by atoms with Crippen molar-refractivity contribution in [2.75, 3.05) is 13.7 Å². The maximum absolute atomic E-state index is 5.91. The molecule has 0 saturated heterocycles. The molecule has 0 aromatic heterocycles. The largest absolute Gasteiger partial charge is 0.383 e. The van der Waals surface area contributed by atoms with Crippen LogP contribution in [0.4, 0.5) is 0 Å². The minimum Gasteiger partial charge on any atom is -0.383 e. The smallest absolute Gasteiger partial charge is 0.0639 e. The Balaban J connectivity index is 2.21. The average Bonchev–Trinajstić information content (AvgIpc) is 1.96. The summed E-state index contributed by atoms with van der Waals surface area (Å²) < 4.78 is 11.1. The van der Waals surface area contributed by atoms with E-state index < -0.39 is 0 Å². The Morgan fingerprint density at radius 1 is 1.12 bits per heavy atom. The molecule has 3 nitrogen and oxygen atoms in total. The van der Waals surface area contributed by atoms with Gasteiger partial charge in [0.25, 0.3) is 0 Å². The monoisotopic (exact) mass is 229 g/mol. The molecule has 3 heteroatoms. The van der Waals surface area contributed by atoms with Gasteiger partial charge in [0, 0.05) is 18.7 Å². The van der Waals surface area contributed by atoms with Crippen LogP contribution in [0.25, 0.3) is 0 Å². The van der Waals surface area contributed by atoms with Crippen LogP contribution < -0.4 is 5.32 Å². The van der Waals surface area contributed by atoms with E-state index >= 15 is 0 Å². The van der Waals surface area contributed by atoms with Gasteiger partial charge in [0.05, 0.1) is 18.3 Å². The number of hydrogen-bond acceptors (Lipinski definition) is 3. The van der Waals surface area contributed by atoms with Crippen molar-refractivity contribution in [2.24, 2.45) is 0 Å². The Kier molecular flexibility index (Phi) is 4.38. The van der Waals surface area contributed by atoms with Gasteiger partial charge in [0.1, 0.15) is 0 Å². The lowest BCUT2D eigenvalue weighted by Gasteiger charge is -2.43. The van der Waals surface area contributed by atoms with Gasteiger partial charge in [-0.3, -0.25) is 0 Å². The van der Waals surface area contributed by atoms with E-state index in [1.807, 2.05) is 0 Å². The van der Waals surface area contributed by atoms with Gasteiger partial charge in [-0.15, -0.1) is 0 Å². The highest BCUT2D eigenvalue weighted by Crippen LogP contribution is 2.28. The molecule has 1 aliphatic rings. The first kappa shape index (κ1) is 13.9. The summed E-state index contributed by atoms with van der Waals surface area (Å²) in [6.45, 7) is 11.4. The minimum absolute atomic E-state index is 0.0162. The van der Waals surface area contributed by atoms with Gasteiger partial charge in [-0.25, -0.2) is 0 Å². The molecule has 0 aromatic carbocycles. The normalized spacial score (nSPS) is 26.6. The predicted octanol–water partition coefficient (Wildman–Crippen LogP) is 2.35. The third-order valence-corrected chi connectivity index (χ3v) is 2.72. The van der Waals surface area contributed by atoms with Crippen molar-refractivity contribution in [3.8, 4) is 0 Å². The van der Waals surface area contributed by atoms with Crippen LogP contribution in [-0.2, 0) is 9.47 Å². The van der Waals surface area contributed by atoms with Crippen LogP contribution in [0.5, 0.6) is 0 Å². The number of nitrogens with one attached hydrogen (secondary N) is 1. The van der Waals surface area contributed by atoms with E-state index in [1.54, 1.807) is 7.11 Å². The Hall–Kier alpha value is -0.120. The molecule has 1 saturated carbocycles. The first-order chi connectivity index (χ1) is 7.22. The Morgan fingerprint density at radius 2 is 1.69 bits per heavy atom. The van der Waals surface area contributed by atoms with Crippen molar-refractivity contribution in [1.82, 2.24) is 5.32 Å². The molecule has 1 aliphatic carbocycles. The summed E-state index contributed by atoms with van der Waals surface area (Å²) in [5, 5.41) is 3.60. The number of rotatable bonds is 5. The molecule has 0 spiro atoms. The van der Waals surface area contributed by atoms with Gasteiger partial charge in [0.15, 0.2) is 0 Å². The summed E-state index contributed by atoms with van der Waals surface area (Å²) in [6.07, 6.45) is 2.66. The van der Waals surface area contributed by atoms with E-state index in [4.69, 9.17) is 9.47 Å². The summed E-state index contributed by atoms with van der Waals surface area (Å²) >= 11 is 0. The topological polar surface area (TPSA) is 30.5 Å². The lowest BCUT2D eigenvalue weighted by molar-refractivity contribution is -0.106. The van der Waals surface area contributed by atoms with Gasteiger partial charge < -0.3 is 14.8 Å². The molecule has 0 bridgehead atoms. The van der Waals surface area contributed by atoms with Crippen molar-refractivity contribution >= 4 is 0 Å². The van der Waals surface area contributed by atoms with E-state index in [0.29, 0.717) is 12.1 Å². The van der Waals surface area contributed by atoms with Gasteiger partial charge in [-0.05, 0) is 47.5 Å². The number of ether oxygens (including phenoxy) is 2. The number of methoxy groups -OCH3 is 1. The average molecular weight is 229 g/mol. The highest BCUT2D eigenvalue weighted by atomic mass is 16.5. The van der Waals surface area contributed by atoms with Crippen LogP contribution >= 0.6 is 0 Å². The lowest BCUT2D eigenvalue weighted by Crippen LogP contribution is -2.56. The van der Waals surface area contributed by atoms with Gasteiger partial charge in [0.2, 0.25) is 0 Å². The van der Waals surface area contributed by atoms with E-state index in [0.717, 1.165) is 19.4 Å². The van der Waals surface area contributed by atoms with E-state index in [1.165, 1.54) is 0 Å². The first-order valence-electron chi connectivity index (χ1n) is 6.16. The third kappa shape index (κ3) is 4.81. The fourth-order valence-electron chi connectivity index (χ4n) is 2.23. The maximum atomic E-state index is 5.91. The lowest BCUT2D eigenvalue weighted by atomic mass is 9.86. The molecule has 1 fully saturated rings. The molecule has 0 aliphatic heterocycles. The van der Waals surface area contributed by atoms with Crippen LogP contribution in [0, 0.1) is 0 Å². The summed E-state index contributed by atoms with van der Waals surface area (Å²) in [5.41, 5.74) is 0.0454. The van der Waals surface area contributed by atoms with Crippen molar-refractivity contribution in [1.29, 1.82) is 0 Å². The zero-order chi connectivity index (χ0) is 12.4. The first-order valence-corrected chi connectivity index (χ1v) is 6.16. The van der Waals surface area contributed by atoms with E-state index in [2.05, 4.69) is 39.9 Å². The van der Waals surface area contributed by atoms with Crippen LogP contribution in [0.2, 0.25) is 0 Å². The third-order valence-electron chi connectivity index (χ3n) is 2.72. The standard InChI is InChI=1S/C13H27NO2/c1-12(2,3)16-11-7-10(8-11)14-13(4,5)9-15-6/h10-11,14H,7-9H2,1-6H3. The second kappa shape index (κ2) is 5.03. The summed E-state index contributed by atoms with van der Waals surface area (Å²) in [6, 6.07) is 0.581. The fourth-order valence-corrected chi connectivity index (χ4v) is 2.23. The molecule has 0 heterocycles. The van der Waals surface area contributed by atoms with Gasteiger partial charge >= 0.3 is 0 Å². The number of hydrogen-bond donors (Lipinski definition) is 1. The highest BCUT2D eigenvalue weighted by molar-refractivity contribution is 4.92. The maximum Gasteiger partial charge on any atom is 0.0639 e. The van der Waals surface area contributed by atoms with E-state index in [-0.39, 0.29) is 11.1 Å². The van der Waals surface area contributed by atoms with Crippen LogP contribution in [0.3, 0.4) is 0 Å². The second-order valence-electron chi connectivity index (χ2n) is 6.48. The summed E-state index contributed by atoms with van der Waals surface area (Å²) in [5.74, 6) is 0. The molecule has 0 radical (unpaired) electrons. The molecule has 0 unspecified atom stereocenters. The van der Waals surface area contributed by atoms with Crippen LogP contribution in [0.1, 0.15) is 47.5 Å². The van der Waals surface area contributed by atoms with Crippen molar-refractivity contribution in [3.05, 3.63) is 0 Å². The summed E-state index contributed by atoms with van der Waals surface area (Å²) in [4.78, 5) is 0. The molecule has 1 rings (SSSR count). The molecule has 1 N–H and O–H groups in total. The summed E-state index contributed by atoms with van der Waals surface area (Å²) in [7, 11) is 1.75. The van der Waals surface area contributed by atoms with E-state index in [9.17, 15) is 0 Å². The molecule has 0 aromatic rings. The van der Waals surface area contributed by atoms with Crippen molar-refractivity contribution < 1.29 is 9.47 Å². The Morgan fingerprint density at radius 3 is 2.12 bits per heavy atom. The molecule has 0 amide bonds. The fraction of sp³-hybridized carbons (Fsp3) is 1.00. The molecule has 0 atom stereocenters. The molecular weight excluding hydrogens is 202 g/mol. The Labute approximate surface area is 99.9 Å². The van der Waals surface area contributed by atoms with Crippen molar-refractivity contribution in [2.45, 2.75) is 70.7 Å². The van der Waals surface area contributed by atoms with Crippen molar-refractivity contribution in [3.63, 3.8) is 0 Å². The molecular formula is C13H27NO2. The zero-order valence-corrected chi connectivity index (χ0v) is 11.6. The van der Waals surface area contributed by atoms with Gasteiger partial charge in [-0.1, -0.05) is 0 Å². The highest BCUT2D eigenvalue weighted by Gasteiger charge is 2.35. The zero-order valence-electron chi connectivity index (χ0n) is 11.6. The van der Waals surface area contributed by atoms with Gasteiger partial charge in [-0.2, -0.15) is 0 Å². The Bertz CT molecular complexity index is 214. The minimum atomic E-state index is -0.0162. The molecule has 96 valence electrons. The predicted molar refractivity (Wildman–Crippen MR) is 66.7 cm³/mol.